The highest BCUT2D eigenvalue weighted by Crippen LogP contribution is 2.21. The molecule has 0 aliphatic rings. The van der Waals surface area contributed by atoms with Crippen molar-refractivity contribution in [2.75, 3.05) is 0 Å². The van der Waals surface area contributed by atoms with Gasteiger partial charge in [-0.05, 0) is 18.6 Å². The first-order valence-electron chi connectivity index (χ1n) is 3.41. The van der Waals surface area contributed by atoms with E-state index >= 15 is 0 Å². The second-order valence-electron chi connectivity index (χ2n) is 2.51. The molecule has 0 atom stereocenters. The Labute approximate surface area is 73.4 Å². The van der Waals surface area contributed by atoms with E-state index in [1.54, 1.807) is 13.0 Å². The second-order valence-corrected chi connectivity index (χ2v) is 2.51. The monoisotopic (exact) mass is 180 g/mol. The minimum Gasteiger partial charge on any atom is -0.258 e. The molecule has 5 heteroatoms. The van der Waals surface area contributed by atoms with Crippen molar-refractivity contribution in [3.8, 4) is 6.07 Å². The maximum absolute atomic E-state index is 13.0. The van der Waals surface area contributed by atoms with Crippen molar-refractivity contribution in [3.63, 3.8) is 0 Å². The average Bonchev–Trinajstić information content (AvgIpc) is 2.08. The minimum atomic E-state index is -1.07. The SMILES string of the molecule is Cc1cc(C#N)c(F)c([N+](=O)[O-])c1. The van der Waals surface area contributed by atoms with Gasteiger partial charge in [-0.15, -0.1) is 0 Å². The molecule has 0 saturated heterocycles. The van der Waals surface area contributed by atoms with Crippen LogP contribution in [0, 0.1) is 34.2 Å². The number of halogens is 1. The largest absolute Gasteiger partial charge is 0.306 e. The first kappa shape index (κ1) is 9.13. The number of hydrogen-bond donors (Lipinski definition) is 0. The number of nitro groups is 1. The number of nitriles is 1. The molecular formula is C8H5FN2O2. The highest BCUT2D eigenvalue weighted by atomic mass is 19.1. The van der Waals surface area contributed by atoms with Crippen molar-refractivity contribution in [2.24, 2.45) is 0 Å². The van der Waals surface area contributed by atoms with Gasteiger partial charge in [-0.1, -0.05) is 0 Å². The van der Waals surface area contributed by atoms with E-state index < -0.39 is 16.4 Å². The minimum absolute atomic E-state index is 0.299. The predicted molar refractivity (Wildman–Crippen MR) is 42.5 cm³/mol. The van der Waals surface area contributed by atoms with Gasteiger partial charge in [0.15, 0.2) is 0 Å². The number of hydrogen-bond acceptors (Lipinski definition) is 3. The Hall–Kier alpha value is -1.96. The first-order chi connectivity index (χ1) is 6.06. The number of aryl methyl sites for hydroxylation is 1. The zero-order chi connectivity index (χ0) is 10.0. The zero-order valence-electron chi connectivity index (χ0n) is 6.74. The molecule has 0 fully saturated rings. The summed E-state index contributed by atoms with van der Waals surface area (Å²) in [5, 5.41) is 18.7. The van der Waals surface area contributed by atoms with Crippen LogP contribution in [0.4, 0.5) is 10.1 Å². The zero-order valence-corrected chi connectivity index (χ0v) is 6.74. The first-order valence-corrected chi connectivity index (χ1v) is 3.41. The summed E-state index contributed by atoms with van der Waals surface area (Å²) in [5.41, 5.74) is -0.465. The molecule has 13 heavy (non-hydrogen) atoms. The maximum atomic E-state index is 13.0. The third-order valence-electron chi connectivity index (χ3n) is 1.51. The maximum Gasteiger partial charge on any atom is 0.306 e. The van der Waals surface area contributed by atoms with Gasteiger partial charge >= 0.3 is 5.69 Å². The van der Waals surface area contributed by atoms with Gasteiger partial charge in [0.25, 0.3) is 0 Å². The summed E-state index contributed by atoms with van der Waals surface area (Å²) < 4.78 is 13.0. The highest BCUT2D eigenvalue weighted by molar-refractivity contribution is 5.45. The van der Waals surface area contributed by atoms with E-state index in [0.29, 0.717) is 5.56 Å². The molecule has 0 aromatic heterocycles. The quantitative estimate of drug-likeness (QED) is 0.489. The molecule has 0 aliphatic carbocycles. The third-order valence-corrected chi connectivity index (χ3v) is 1.51. The normalized spacial score (nSPS) is 9.31. The lowest BCUT2D eigenvalue weighted by Crippen LogP contribution is -1.96. The Bertz CT molecular complexity index is 409. The van der Waals surface area contributed by atoms with E-state index in [9.17, 15) is 14.5 Å². The molecule has 0 radical (unpaired) electrons. The number of rotatable bonds is 1. The lowest BCUT2D eigenvalue weighted by molar-refractivity contribution is -0.387. The van der Waals surface area contributed by atoms with E-state index in [-0.39, 0.29) is 5.56 Å². The van der Waals surface area contributed by atoms with Crippen LogP contribution in [0.5, 0.6) is 0 Å². The summed E-state index contributed by atoms with van der Waals surface area (Å²) in [6.45, 7) is 1.56. The number of nitro benzene ring substituents is 1. The van der Waals surface area contributed by atoms with Gasteiger partial charge in [-0.2, -0.15) is 9.65 Å². The van der Waals surface area contributed by atoms with E-state index in [2.05, 4.69) is 0 Å². The van der Waals surface area contributed by atoms with E-state index in [0.717, 1.165) is 6.07 Å². The molecule has 0 N–H and O–H groups in total. The summed E-state index contributed by atoms with van der Waals surface area (Å²) in [6.07, 6.45) is 0. The molecule has 66 valence electrons. The molecule has 0 spiro atoms. The summed E-state index contributed by atoms with van der Waals surface area (Å²) >= 11 is 0. The number of nitrogens with zero attached hydrogens (tertiary/aromatic N) is 2. The van der Waals surface area contributed by atoms with Crippen LogP contribution in [0.25, 0.3) is 0 Å². The molecule has 0 unspecified atom stereocenters. The average molecular weight is 180 g/mol. The predicted octanol–water partition coefficient (Wildman–Crippen LogP) is 1.91. The van der Waals surface area contributed by atoms with Crippen LogP contribution in [-0.2, 0) is 0 Å². The van der Waals surface area contributed by atoms with Gasteiger partial charge < -0.3 is 0 Å². The summed E-state index contributed by atoms with van der Waals surface area (Å²) in [5.74, 6) is -1.07. The molecular weight excluding hydrogens is 175 g/mol. The lowest BCUT2D eigenvalue weighted by atomic mass is 10.1. The second kappa shape index (κ2) is 3.19. The van der Waals surface area contributed by atoms with Crippen LogP contribution in [0.1, 0.15) is 11.1 Å². The fourth-order valence-electron chi connectivity index (χ4n) is 0.964. The van der Waals surface area contributed by atoms with Crippen molar-refractivity contribution in [3.05, 3.63) is 39.2 Å². The molecule has 0 heterocycles. The van der Waals surface area contributed by atoms with Crippen LogP contribution in [0.15, 0.2) is 12.1 Å². The van der Waals surface area contributed by atoms with Crippen molar-refractivity contribution in [2.45, 2.75) is 6.92 Å². The summed E-state index contributed by atoms with van der Waals surface area (Å²) in [6, 6.07) is 3.91. The fraction of sp³-hybridized carbons (Fsp3) is 0.125. The molecule has 0 aliphatic heterocycles. The Balaban J connectivity index is 3.47. The van der Waals surface area contributed by atoms with E-state index in [1.165, 1.54) is 6.07 Å². The molecule has 1 rings (SSSR count). The van der Waals surface area contributed by atoms with E-state index in [4.69, 9.17) is 5.26 Å². The van der Waals surface area contributed by atoms with Gasteiger partial charge in [-0.3, -0.25) is 10.1 Å². The van der Waals surface area contributed by atoms with Crippen molar-refractivity contribution >= 4 is 5.69 Å². The highest BCUT2D eigenvalue weighted by Gasteiger charge is 2.18. The Morgan fingerprint density at radius 2 is 2.23 bits per heavy atom. The summed E-state index contributed by atoms with van der Waals surface area (Å²) in [7, 11) is 0. The van der Waals surface area contributed by atoms with Crippen molar-refractivity contribution in [1.29, 1.82) is 5.26 Å². The fourth-order valence-corrected chi connectivity index (χ4v) is 0.964. The molecule has 1 aromatic rings. The van der Waals surface area contributed by atoms with Crippen molar-refractivity contribution < 1.29 is 9.31 Å². The smallest absolute Gasteiger partial charge is 0.258 e. The molecule has 0 saturated carbocycles. The Morgan fingerprint density at radius 3 is 2.69 bits per heavy atom. The summed E-state index contributed by atoms with van der Waals surface area (Å²) in [4.78, 5) is 9.45. The van der Waals surface area contributed by atoms with Crippen LogP contribution in [0.3, 0.4) is 0 Å². The Morgan fingerprint density at radius 1 is 1.62 bits per heavy atom. The van der Waals surface area contributed by atoms with Crippen LogP contribution < -0.4 is 0 Å². The van der Waals surface area contributed by atoms with E-state index in [1.807, 2.05) is 0 Å². The number of benzene rings is 1. The van der Waals surface area contributed by atoms with Gasteiger partial charge in [0, 0.05) is 6.07 Å². The Kier molecular flexibility index (Phi) is 2.24. The van der Waals surface area contributed by atoms with Crippen molar-refractivity contribution in [1.82, 2.24) is 0 Å². The van der Waals surface area contributed by atoms with Crippen LogP contribution >= 0.6 is 0 Å². The van der Waals surface area contributed by atoms with Gasteiger partial charge in [0.1, 0.15) is 6.07 Å². The van der Waals surface area contributed by atoms with Gasteiger partial charge in [-0.25, -0.2) is 0 Å². The standard InChI is InChI=1S/C8H5FN2O2/c1-5-2-6(4-10)8(9)7(3-5)11(12)13/h2-3H,1H3. The molecule has 0 amide bonds. The van der Waals surface area contributed by atoms with Gasteiger partial charge in [0.2, 0.25) is 5.82 Å². The third kappa shape index (κ3) is 1.62. The van der Waals surface area contributed by atoms with Gasteiger partial charge in [0.05, 0.1) is 10.5 Å². The van der Waals surface area contributed by atoms with Crippen LogP contribution in [0.2, 0.25) is 0 Å². The topological polar surface area (TPSA) is 66.9 Å². The molecule has 4 nitrogen and oxygen atoms in total. The van der Waals surface area contributed by atoms with Crippen LogP contribution in [-0.4, -0.2) is 4.92 Å². The molecule has 0 bridgehead atoms. The lowest BCUT2D eigenvalue weighted by Gasteiger charge is -1.97. The molecule has 1 aromatic carbocycles.